The molecule has 6 nitrogen and oxygen atoms in total. The van der Waals surface area contributed by atoms with Gasteiger partial charge in [-0.1, -0.05) is 31.2 Å². The van der Waals surface area contributed by atoms with Crippen molar-refractivity contribution in [2.24, 2.45) is 0 Å². The van der Waals surface area contributed by atoms with E-state index in [1.165, 1.54) is 0 Å². The summed E-state index contributed by atoms with van der Waals surface area (Å²) in [5, 5.41) is 2.79. The van der Waals surface area contributed by atoms with Gasteiger partial charge in [-0.25, -0.2) is 9.78 Å². The lowest BCUT2D eigenvalue weighted by Gasteiger charge is -2.16. The van der Waals surface area contributed by atoms with E-state index in [1.807, 2.05) is 25.1 Å². The summed E-state index contributed by atoms with van der Waals surface area (Å²) >= 11 is 0. The number of rotatable bonds is 6. The monoisotopic (exact) mass is 363 g/mol. The summed E-state index contributed by atoms with van der Waals surface area (Å²) in [6.07, 6.45) is 2.92. The Bertz CT molecular complexity index is 918. The second-order valence-electron chi connectivity index (χ2n) is 6.18. The molecule has 0 aliphatic heterocycles. The van der Waals surface area contributed by atoms with Crippen LogP contribution in [0.2, 0.25) is 0 Å². The van der Waals surface area contributed by atoms with Gasteiger partial charge >= 0.3 is 5.97 Å². The fraction of sp³-hybridized carbons (Fsp3) is 0.190. The maximum Gasteiger partial charge on any atom is 0.338 e. The second kappa shape index (κ2) is 8.31. The Labute approximate surface area is 157 Å². The molecule has 1 aromatic heterocycles. The molecular weight excluding hydrogens is 342 g/mol. The number of carbonyl (C=O) groups is 2. The number of H-pyrrole nitrogens is 1. The SMILES string of the molecule is CCC(OC(=O)c1ccc(-c2ncc[nH]2)cc1)C(=O)Nc1cccc(C)c1. The molecule has 1 unspecified atom stereocenters. The number of nitrogens with one attached hydrogen (secondary N) is 2. The molecule has 27 heavy (non-hydrogen) atoms. The zero-order valence-electron chi connectivity index (χ0n) is 15.2. The Hall–Kier alpha value is -3.41. The number of hydrogen-bond acceptors (Lipinski definition) is 4. The highest BCUT2D eigenvalue weighted by molar-refractivity contribution is 5.97. The van der Waals surface area contributed by atoms with Gasteiger partial charge in [-0.2, -0.15) is 0 Å². The standard InChI is InChI=1S/C21H21N3O3/c1-3-18(20(25)24-17-6-4-5-14(2)13-17)27-21(26)16-9-7-15(8-10-16)19-22-11-12-23-19/h4-13,18H,3H2,1-2H3,(H,22,23)(H,24,25). The van der Waals surface area contributed by atoms with Gasteiger partial charge in [0, 0.05) is 23.6 Å². The summed E-state index contributed by atoms with van der Waals surface area (Å²) in [7, 11) is 0. The van der Waals surface area contributed by atoms with Crippen LogP contribution >= 0.6 is 0 Å². The predicted molar refractivity (Wildman–Crippen MR) is 103 cm³/mol. The van der Waals surface area contributed by atoms with Gasteiger partial charge in [0.25, 0.3) is 5.91 Å². The molecule has 0 aliphatic rings. The van der Waals surface area contributed by atoms with E-state index in [-0.39, 0.29) is 5.91 Å². The van der Waals surface area contributed by atoms with Crippen molar-refractivity contribution in [3.8, 4) is 11.4 Å². The molecule has 3 aromatic rings. The lowest BCUT2D eigenvalue weighted by Crippen LogP contribution is -2.32. The highest BCUT2D eigenvalue weighted by atomic mass is 16.5. The number of aromatic nitrogens is 2. The summed E-state index contributed by atoms with van der Waals surface area (Å²) in [6.45, 7) is 3.74. The van der Waals surface area contributed by atoms with Crippen LogP contribution in [0.25, 0.3) is 11.4 Å². The molecule has 1 amide bonds. The Morgan fingerprint density at radius 1 is 1.19 bits per heavy atom. The average Bonchev–Trinajstić information content (AvgIpc) is 3.20. The van der Waals surface area contributed by atoms with E-state index in [0.29, 0.717) is 17.7 Å². The minimum atomic E-state index is -0.859. The minimum Gasteiger partial charge on any atom is -0.449 e. The number of esters is 1. The van der Waals surface area contributed by atoms with Crippen molar-refractivity contribution in [1.82, 2.24) is 9.97 Å². The van der Waals surface area contributed by atoms with Crippen LogP contribution in [0.3, 0.4) is 0 Å². The molecule has 1 heterocycles. The van der Waals surface area contributed by atoms with Gasteiger partial charge in [0.2, 0.25) is 0 Å². The molecule has 0 spiro atoms. The molecule has 0 saturated carbocycles. The number of imidazole rings is 1. The second-order valence-corrected chi connectivity index (χ2v) is 6.18. The smallest absolute Gasteiger partial charge is 0.338 e. The number of carbonyl (C=O) groups excluding carboxylic acids is 2. The minimum absolute atomic E-state index is 0.344. The van der Waals surface area contributed by atoms with Gasteiger partial charge in [0.1, 0.15) is 5.82 Å². The Morgan fingerprint density at radius 2 is 1.96 bits per heavy atom. The van der Waals surface area contributed by atoms with Gasteiger partial charge in [-0.3, -0.25) is 4.79 Å². The Balaban J connectivity index is 1.65. The third-order valence-corrected chi connectivity index (χ3v) is 4.09. The van der Waals surface area contributed by atoms with Gasteiger partial charge in [0.05, 0.1) is 5.56 Å². The van der Waals surface area contributed by atoms with Crippen LogP contribution in [0.15, 0.2) is 60.9 Å². The number of nitrogens with zero attached hydrogens (tertiary/aromatic N) is 1. The van der Waals surface area contributed by atoms with Crippen molar-refractivity contribution in [3.05, 3.63) is 72.1 Å². The van der Waals surface area contributed by atoms with Crippen LogP contribution in [-0.2, 0) is 9.53 Å². The maximum absolute atomic E-state index is 12.4. The maximum atomic E-state index is 12.4. The number of hydrogen-bond donors (Lipinski definition) is 2. The molecule has 3 rings (SSSR count). The van der Waals surface area contributed by atoms with Crippen molar-refractivity contribution >= 4 is 17.6 Å². The van der Waals surface area contributed by atoms with Crippen LogP contribution in [0.4, 0.5) is 5.69 Å². The number of aromatic amines is 1. The van der Waals surface area contributed by atoms with Crippen LogP contribution in [-0.4, -0.2) is 27.9 Å². The molecule has 0 radical (unpaired) electrons. The van der Waals surface area contributed by atoms with Crippen molar-refractivity contribution in [1.29, 1.82) is 0 Å². The molecule has 0 aliphatic carbocycles. The third kappa shape index (κ3) is 4.61. The van der Waals surface area contributed by atoms with Crippen LogP contribution < -0.4 is 5.32 Å². The van der Waals surface area contributed by atoms with Crippen LogP contribution in [0.5, 0.6) is 0 Å². The first-order valence-corrected chi connectivity index (χ1v) is 8.75. The van der Waals surface area contributed by atoms with E-state index in [0.717, 1.165) is 17.0 Å². The Kier molecular flexibility index (Phi) is 5.66. The molecule has 2 aromatic carbocycles. The summed E-state index contributed by atoms with van der Waals surface area (Å²) in [6, 6.07) is 14.3. The van der Waals surface area contributed by atoms with Gasteiger partial charge < -0.3 is 15.0 Å². The van der Waals surface area contributed by atoms with E-state index in [4.69, 9.17) is 4.74 Å². The lowest BCUT2D eigenvalue weighted by atomic mass is 10.1. The van der Waals surface area contributed by atoms with Crippen molar-refractivity contribution in [2.75, 3.05) is 5.32 Å². The number of benzene rings is 2. The Morgan fingerprint density at radius 3 is 2.59 bits per heavy atom. The average molecular weight is 363 g/mol. The summed E-state index contributed by atoms with van der Waals surface area (Å²) in [5.74, 6) is -0.158. The number of ether oxygens (including phenoxy) is 1. The summed E-state index contributed by atoms with van der Waals surface area (Å²) in [5.41, 5.74) is 2.96. The molecule has 138 valence electrons. The highest BCUT2D eigenvalue weighted by Gasteiger charge is 2.22. The quantitative estimate of drug-likeness (QED) is 0.649. The fourth-order valence-electron chi connectivity index (χ4n) is 2.65. The predicted octanol–water partition coefficient (Wildman–Crippen LogP) is 3.96. The van der Waals surface area contributed by atoms with Crippen molar-refractivity contribution in [3.63, 3.8) is 0 Å². The van der Waals surface area contributed by atoms with Gasteiger partial charge in [-0.15, -0.1) is 0 Å². The number of amides is 1. The molecule has 0 saturated heterocycles. The number of anilines is 1. The first kappa shape index (κ1) is 18.4. The molecule has 0 bridgehead atoms. The van der Waals surface area contributed by atoms with E-state index in [1.54, 1.807) is 49.6 Å². The highest BCUT2D eigenvalue weighted by Crippen LogP contribution is 2.17. The van der Waals surface area contributed by atoms with Crippen molar-refractivity contribution in [2.45, 2.75) is 26.4 Å². The van der Waals surface area contributed by atoms with E-state index >= 15 is 0 Å². The molecule has 0 fully saturated rings. The van der Waals surface area contributed by atoms with Crippen molar-refractivity contribution < 1.29 is 14.3 Å². The molecule has 6 heteroatoms. The molecule has 2 N–H and O–H groups in total. The lowest BCUT2D eigenvalue weighted by molar-refractivity contribution is -0.124. The zero-order valence-corrected chi connectivity index (χ0v) is 15.2. The fourth-order valence-corrected chi connectivity index (χ4v) is 2.65. The topological polar surface area (TPSA) is 84.1 Å². The van der Waals surface area contributed by atoms with E-state index in [9.17, 15) is 9.59 Å². The van der Waals surface area contributed by atoms with E-state index < -0.39 is 12.1 Å². The van der Waals surface area contributed by atoms with Gasteiger partial charge in [-0.05, 0) is 43.2 Å². The van der Waals surface area contributed by atoms with E-state index in [2.05, 4.69) is 15.3 Å². The molecular formula is C21H21N3O3. The van der Waals surface area contributed by atoms with Crippen LogP contribution in [0.1, 0.15) is 29.3 Å². The first-order chi connectivity index (χ1) is 13.1. The summed E-state index contributed by atoms with van der Waals surface area (Å²) < 4.78 is 5.41. The number of aryl methyl sites for hydroxylation is 1. The normalized spacial score (nSPS) is 11.6. The first-order valence-electron chi connectivity index (χ1n) is 8.75. The van der Waals surface area contributed by atoms with Gasteiger partial charge in [0.15, 0.2) is 6.10 Å². The summed E-state index contributed by atoms with van der Waals surface area (Å²) in [4.78, 5) is 32.0. The largest absolute Gasteiger partial charge is 0.449 e. The molecule has 1 atom stereocenters. The van der Waals surface area contributed by atoms with Crippen LogP contribution in [0, 0.1) is 6.92 Å². The third-order valence-electron chi connectivity index (χ3n) is 4.09. The zero-order chi connectivity index (χ0) is 19.2.